The molecule has 0 aliphatic heterocycles. The summed E-state index contributed by atoms with van der Waals surface area (Å²) in [7, 11) is 1.86. The number of ether oxygens (including phenoxy) is 1. The van der Waals surface area contributed by atoms with Crippen molar-refractivity contribution in [1.82, 2.24) is 15.1 Å². The van der Waals surface area contributed by atoms with Crippen LogP contribution in [0.3, 0.4) is 0 Å². The summed E-state index contributed by atoms with van der Waals surface area (Å²) in [4.78, 5) is 12.4. The fourth-order valence-corrected chi connectivity index (χ4v) is 2.32. The molecule has 6 nitrogen and oxygen atoms in total. The van der Waals surface area contributed by atoms with Gasteiger partial charge in [-0.25, -0.2) is 4.79 Å². The number of benzene rings is 1. The SMILES string of the molecule is C=C(C)COc1ccccc1NC(=O)N[C@H](CC)c1ccnn1C. The van der Waals surface area contributed by atoms with Gasteiger partial charge in [0.1, 0.15) is 12.4 Å². The summed E-state index contributed by atoms with van der Waals surface area (Å²) < 4.78 is 7.43. The van der Waals surface area contributed by atoms with Crippen molar-refractivity contribution in [3.8, 4) is 5.75 Å². The van der Waals surface area contributed by atoms with E-state index in [1.807, 2.05) is 45.2 Å². The van der Waals surface area contributed by atoms with Crippen molar-refractivity contribution in [3.63, 3.8) is 0 Å². The maximum Gasteiger partial charge on any atom is 0.319 e. The molecule has 0 aliphatic rings. The average molecular weight is 328 g/mol. The monoisotopic (exact) mass is 328 g/mol. The van der Waals surface area contributed by atoms with Crippen LogP contribution in [0.15, 0.2) is 48.7 Å². The summed E-state index contributed by atoms with van der Waals surface area (Å²) in [6, 6.07) is 8.84. The Hall–Kier alpha value is -2.76. The number of anilines is 1. The van der Waals surface area contributed by atoms with E-state index in [1.54, 1.807) is 16.9 Å². The lowest BCUT2D eigenvalue weighted by molar-refractivity contribution is 0.247. The molecule has 0 saturated carbocycles. The Morgan fingerprint density at radius 2 is 2.12 bits per heavy atom. The standard InChI is InChI=1S/C18H24N4O2/c1-5-14(16-10-11-19-22(16)4)20-18(23)21-15-8-6-7-9-17(15)24-12-13(2)3/h6-11,14H,2,5,12H2,1,3-4H3,(H2,20,21,23)/t14-/m1/s1. The maximum atomic E-state index is 12.4. The third-order valence-corrected chi connectivity index (χ3v) is 3.54. The molecule has 128 valence electrons. The highest BCUT2D eigenvalue weighted by molar-refractivity contribution is 5.91. The van der Waals surface area contributed by atoms with Crippen LogP contribution in [0.2, 0.25) is 0 Å². The highest BCUT2D eigenvalue weighted by atomic mass is 16.5. The lowest BCUT2D eigenvalue weighted by atomic mass is 10.1. The number of para-hydroxylation sites is 2. The summed E-state index contributed by atoms with van der Waals surface area (Å²) in [5.74, 6) is 0.615. The van der Waals surface area contributed by atoms with Crippen molar-refractivity contribution < 1.29 is 9.53 Å². The molecule has 24 heavy (non-hydrogen) atoms. The second-order valence-corrected chi connectivity index (χ2v) is 5.68. The van der Waals surface area contributed by atoms with Crippen LogP contribution in [-0.4, -0.2) is 22.4 Å². The van der Waals surface area contributed by atoms with Gasteiger partial charge >= 0.3 is 6.03 Å². The number of nitrogens with one attached hydrogen (secondary N) is 2. The van der Waals surface area contributed by atoms with Gasteiger partial charge in [-0.15, -0.1) is 0 Å². The van der Waals surface area contributed by atoms with E-state index in [4.69, 9.17) is 4.74 Å². The first-order valence-corrected chi connectivity index (χ1v) is 7.93. The molecule has 0 aliphatic carbocycles. The molecule has 0 spiro atoms. The Balaban J connectivity index is 2.04. The zero-order valence-electron chi connectivity index (χ0n) is 14.4. The smallest absolute Gasteiger partial charge is 0.319 e. The van der Waals surface area contributed by atoms with E-state index in [0.29, 0.717) is 18.0 Å². The van der Waals surface area contributed by atoms with Gasteiger partial charge < -0.3 is 15.4 Å². The molecule has 6 heteroatoms. The molecule has 2 rings (SSSR count). The van der Waals surface area contributed by atoms with Crippen LogP contribution in [0.1, 0.15) is 32.0 Å². The molecule has 0 unspecified atom stereocenters. The number of urea groups is 1. The third-order valence-electron chi connectivity index (χ3n) is 3.54. The molecule has 0 bridgehead atoms. The van der Waals surface area contributed by atoms with Crippen molar-refractivity contribution in [2.24, 2.45) is 7.05 Å². The molecule has 0 fully saturated rings. The summed E-state index contributed by atoms with van der Waals surface area (Å²) >= 11 is 0. The lowest BCUT2D eigenvalue weighted by Crippen LogP contribution is -2.33. The molecule has 1 aromatic heterocycles. The van der Waals surface area contributed by atoms with E-state index in [2.05, 4.69) is 22.3 Å². The lowest BCUT2D eigenvalue weighted by Gasteiger charge is -2.19. The van der Waals surface area contributed by atoms with Gasteiger partial charge in [0.15, 0.2) is 0 Å². The number of hydrogen-bond acceptors (Lipinski definition) is 3. The van der Waals surface area contributed by atoms with Crippen LogP contribution in [0.4, 0.5) is 10.5 Å². The van der Waals surface area contributed by atoms with E-state index in [-0.39, 0.29) is 12.1 Å². The van der Waals surface area contributed by atoms with Gasteiger partial charge in [-0.3, -0.25) is 4.68 Å². The minimum atomic E-state index is -0.283. The maximum absolute atomic E-state index is 12.4. The Morgan fingerprint density at radius 3 is 2.75 bits per heavy atom. The highest BCUT2D eigenvalue weighted by Crippen LogP contribution is 2.24. The zero-order valence-corrected chi connectivity index (χ0v) is 14.4. The number of carbonyl (C=O) groups is 1. The molecule has 2 amide bonds. The van der Waals surface area contributed by atoms with Gasteiger partial charge in [-0.05, 0) is 37.1 Å². The topological polar surface area (TPSA) is 68.2 Å². The van der Waals surface area contributed by atoms with Crippen LogP contribution in [0, 0.1) is 0 Å². The number of nitrogens with zero attached hydrogens (tertiary/aromatic N) is 2. The van der Waals surface area contributed by atoms with Crippen molar-refractivity contribution in [3.05, 3.63) is 54.4 Å². The molecule has 0 radical (unpaired) electrons. The summed E-state index contributed by atoms with van der Waals surface area (Å²) in [6.07, 6.45) is 2.49. The minimum Gasteiger partial charge on any atom is -0.487 e. The van der Waals surface area contributed by atoms with Crippen molar-refractivity contribution in [1.29, 1.82) is 0 Å². The van der Waals surface area contributed by atoms with Crippen LogP contribution < -0.4 is 15.4 Å². The summed E-state index contributed by atoms with van der Waals surface area (Å²) in [5.41, 5.74) is 2.49. The van der Waals surface area contributed by atoms with E-state index >= 15 is 0 Å². The minimum absolute atomic E-state index is 0.110. The Kier molecular flexibility index (Phi) is 6.01. The zero-order chi connectivity index (χ0) is 17.5. The first-order chi connectivity index (χ1) is 11.5. The van der Waals surface area contributed by atoms with Gasteiger partial charge in [0, 0.05) is 13.2 Å². The summed E-state index contributed by atoms with van der Waals surface area (Å²) in [6.45, 7) is 8.13. The third kappa shape index (κ3) is 4.62. The molecule has 2 N–H and O–H groups in total. The predicted molar refractivity (Wildman–Crippen MR) is 95.1 cm³/mol. The van der Waals surface area contributed by atoms with Gasteiger partial charge in [-0.1, -0.05) is 25.6 Å². The van der Waals surface area contributed by atoms with Crippen LogP contribution in [-0.2, 0) is 7.05 Å². The Morgan fingerprint density at radius 1 is 1.38 bits per heavy atom. The molecule has 1 aromatic carbocycles. The molecular formula is C18H24N4O2. The number of carbonyl (C=O) groups excluding carboxylic acids is 1. The van der Waals surface area contributed by atoms with Gasteiger partial charge in [0.2, 0.25) is 0 Å². The second-order valence-electron chi connectivity index (χ2n) is 5.68. The quantitative estimate of drug-likeness (QED) is 0.762. The Bertz CT molecular complexity index is 709. The molecule has 0 saturated heterocycles. The first-order valence-electron chi connectivity index (χ1n) is 7.93. The molecule has 1 atom stereocenters. The van der Waals surface area contributed by atoms with Crippen molar-refractivity contribution in [2.75, 3.05) is 11.9 Å². The fourth-order valence-electron chi connectivity index (χ4n) is 2.32. The first kappa shape index (κ1) is 17.6. The molecular weight excluding hydrogens is 304 g/mol. The number of amides is 2. The van der Waals surface area contributed by atoms with Crippen molar-refractivity contribution >= 4 is 11.7 Å². The Labute approximate surface area is 142 Å². The molecule has 2 aromatic rings. The number of aryl methyl sites for hydroxylation is 1. The van der Waals surface area contributed by atoms with Gasteiger partial charge in [0.05, 0.1) is 17.4 Å². The highest BCUT2D eigenvalue weighted by Gasteiger charge is 2.16. The van der Waals surface area contributed by atoms with E-state index in [0.717, 1.165) is 17.7 Å². The van der Waals surface area contributed by atoms with Gasteiger partial charge in [-0.2, -0.15) is 5.10 Å². The predicted octanol–water partition coefficient (Wildman–Crippen LogP) is 3.65. The number of hydrogen-bond donors (Lipinski definition) is 2. The summed E-state index contributed by atoms with van der Waals surface area (Å²) in [5, 5.41) is 9.96. The van der Waals surface area contributed by atoms with E-state index in [9.17, 15) is 4.79 Å². The second kappa shape index (κ2) is 8.19. The fraction of sp³-hybridized carbons (Fsp3) is 0.333. The number of aromatic nitrogens is 2. The van der Waals surface area contributed by atoms with Crippen LogP contribution >= 0.6 is 0 Å². The largest absolute Gasteiger partial charge is 0.487 e. The average Bonchev–Trinajstić information content (AvgIpc) is 2.97. The van der Waals surface area contributed by atoms with Crippen molar-refractivity contribution in [2.45, 2.75) is 26.3 Å². The van der Waals surface area contributed by atoms with Gasteiger partial charge in [0.25, 0.3) is 0 Å². The van der Waals surface area contributed by atoms with Crippen LogP contribution in [0.5, 0.6) is 5.75 Å². The number of rotatable bonds is 7. The van der Waals surface area contributed by atoms with E-state index < -0.39 is 0 Å². The molecule has 1 heterocycles. The normalized spacial score (nSPS) is 11.6. The van der Waals surface area contributed by atoms with E-state index in [1.165, 1.54) is 0 Å². The van der Waals surface area contributed by atoms with Crippen LogP contribution in [0.25, 0.3) is 0 Å².